The minimum atomic E-state index is -1.10. The van der Waals surface area contributed by atoms with Crippen molar-refractivity contribution in [1.82, 2.24) is 4.98 Å². The van der Waals surface area contributed by atoms with Crippen molar-refractivity contribution in [3.8, 4) is 5.75 Å². The maximum atomic E-state index is 12.8. The number of ether oxygens (including phenoxy) is 3. The predicted molar refractivity (Wildman–Crippen MR) is 108 cm³/mol. The van der Waals surface area contributed by atoms with Gasteiger partial charge in [-0.2, -0.15) is 0 Å². The van der Waals surface area contributed by atoms with Crippen LogP contribution in [0.3, 0.4) is 0 Å². The molecule has 0 radical (unpaired) electrons. The normalized spacial score (nSPS) is 11.9. The highest BCUT2D eigenvalue weighted by Crippen LogP contribution is 2.29. The molecule has 0 aliphatic heterocycles. The monoisotopic (exact) mass is 413 g/mol. The maximum Gasteiger partial charge on any atom is 0.375 e. The van der Waals surface area contributed by atoms with Crippen LogP contribution < -0.4 is 4.74 Å². The molecule has 30 heavy (non-hydrogen) atoms. The van der Waals surface area contributed by atoms with E-state index in [1.165, 1.54) is 14.0 Å². The molecule has 0 bridgehead atoms. The minimum Gasteiger partial charge on any atom is -0.497 e. The number of carbonyl (C=O) groups excluding carboxylic acids is 3. The van der Waals surface area contributed by atoms with E-state index in [9.17, 15) is 14.4 Å². The highest BCUT2D eigenvalue weighted by atomic mass is 16.6. The van der Waals surface area contributed by atoms with E-state index in [0.29, 0.717) is 33.7 Å². The molecule has 0 unspecified atom stereocenters. The van der Waals surface area contributed by atoms with Gasteiger partial charge in [-0.3, -0.25) is 4.79 Å². The summed E-state index contributed by atoms with van der Waals surface area (Å²) >= 11 is 0. The lowest BCUT2D eigenvalue weighted by atomic mass is 10.1. The number of fused-ring (bicyclic) bond motifs is 1. The Morgan fingerprint density at radius 3 is 2.37 bits per heavy atom. The number of hydrogen-bond donors (Lipinski definition) is 1. The molecule has 8 heteroatoms. The largest absolute Gasteiger partial charge is 0.497 e. The van der Waals surface area contributed by atoms with Gasteiger partial charge in [-0.1, -0.05) is 0 Å². The Labute approximate surface area is 173 Å². The van der Waals surface area contributed by atoms with Crippen molar-refractivity contribution < 1.29 is 33.0 Å². The molecule has 1 aromatic carbocycles. The van der Waals surface area contributed by atoms with Gasteiger partial charge in [-0.15, -0.1) is 0 Å². The van der Waals surface area contributed by atoms with Gasteiger partial charge in [-0.05, 0) is 51.5 Å². The molecule has 2 heterocycles. The fraction of sp³-hybridized carbons (Fsp3) is 0.318. The zero-order chi connectivity index (χ0) is 22.2. The summed E-state index contributed by atoms with van der Waals surface area (Å²) in [5.74, 6) is -1.10. The number of rotatable bonds is 6. The summed E-state index contributed by atoms with van der Waals surface area (Å²) in [5, 5.41) is 0.721. The Bertz CT molecular complexity index is 1150. The van der Waals surface area contributed by atoms with Crippen molar-refractivity contribution >= 4 is 28.7 Å². The SMILES string of the molecule is COC(=O)c1c(C)[nH]c(C(=O)[C@@H](C)OC(=O)c2oc3ccc(OC)cc3c2C)c1C. The van der Waals surface area contributed by atoms with E-state index < -0.39 is 23.8 Å². The molecule has 158 valence electrons. The zero-order valence-corrected chi connectivity index (χ0v) is 17.7. The molecule has 0 aliphatic rings. The molecule has 3 aromatic rings. The van der Waals surface area contributed by atoms with Gasteiger partial charge in [0.05, 0.1) is 25.5 Å². The summed E-state index contributed by atoms with van der Waals surface area (Å²) in [6.07, 6.45) is -1.10. The first-order valence-corrected chi connectivity index (χ1v) is 9.29. The van der Waals surface area contributed by atoms with Gasteiger partial charge in [0.15, 0.2) is 6.10 Å². The van der Waals surface area contributed by atoms with Crippen LogP contribution in [0.4, 0.5) is 0 Å². The van der Waals surface area contributed by atoms with Crippen LogP contribution in [0, 0.1) is 20.8 Å². The second-order valence-corrected chi connectivity index (χ2v) is 6.95. The third kappa shape index (κ3) is 3.56. The van der Waals surface area contributed by atoms with E-state index >= 15 is 0 Å². The van der Waals surface area contributed by atoms with Gasteiger partial charge in [-0.25, -0.2) is 9.59 Å². The molecule has 3 rings (SSSR count). The van der Waals surface area contributed by atoms with E-state index in [1.54, 1.807) is 46.1 Å². The molecule has 1 atom stereocenters. The van der Waals surface area contributed by atoms with Crippen molar-refractivity contribution in [2.45, 2.75) is 33.8 Å². The number of Topliss-reactive ketones (excluding diaryl/α,β-unsaturated/α-hetero) is 1. The maximum absolute atomic E-state index is 12.8. The van der Waals surface area contributed by atoms with E-state index in [0.717, 1.165) is 5.39 Å². The second kappa shape index (κ2) is 8.06. The Morgan fingerprint density at radius 2 is 1.73 bits per heavy atom. The summed E-state index contributed by atoms with van der Waals surface area (Å²) in [4.78, 5) is 40.3. The fourth-order valence-electron chi connectivity index (χ4n) is 3.40. The molecular formula is C22H23NO7. The van der Waals surface area contributed by atoms with Crippen LogP contribution in [0.5, 0.6) is 5.75 Å². The summed E-state index contributed by atoms with van der Waals surface area (Å²) in [7, 11) is 2.82. The first kappa shape index (κ1) is 21.2. The van der Waals surface area contributed by atoms with Gasteiger partial charge in [0, 0.05) is 16.6 Å². The van der Waals surface area contributed by atoms with Gasteiger partial charge < -0.3 is 23.6 Å². The number of H-pyrrole nitrogens is 1. The molecule has 0 aliphatic carbocycles. The molecule has 0 saturated heterocycles. The average molecular weight is 413 g/mol. The quantitative estimate of drug-likeness (QED) is 0.482. The number of aryl methyl sites for hydroxylation is 2. The summed E-state index contributed by atoms with van der Waals surface area (Å²) in [5.41, 5.74) is 2.54. The molecule has 0 spiro atoms. The fourth-order valence-corrected chi connectivity index (χ4v) is 3.40. The molecule has 2 aromatic heterocycles. The van der Waals surface area contributed by atoms with Gasteiger partial charge >= 0.3 is 11.9 Å². The number of aromatic nitrogens is 1. The summed E-state index contributed by atoms with van der Waals surface area (Å²) in [6.45, 7) is 6.50. The number of nitrogens with one attached hydrogen (secondary N) is 1. The van der Waals surface area contributed by atoms with Crippen molar-refractivity contribution in [1.29, 1.82) is 0 Å². The first-order chi connectivity index (χ1) is 14.2. The molecule has 0 amide bonds. The number of hydrogen-bond acceptors (Lipinski definition) is 7. The van der Waals surface area contributed by atoms with E-state index in [2.05, 4.69) is 4.98 Å². The predicted octanol–water partition coefficient (Wildman–Crippen LogP) is 3.91. The Balaban J connectivity index is 1.84. The van der Waals surface area contributed by atoms with Crippen LogP contribution in [0.15, 0.2) is 22.6 Å². The third-order valence-electron chi connectivity index (χ3n) is 5.06. The van der Waals surface area contributed by atoms with Crippen LogP contribution in [0.25, 0.3) is 11.0 Å². The zero-order valence-electron chi connectivity index (χ0n) is 17.7. The molecule has 0 fully saturated rings. The second-order valence-electron chi connectivity index (χ2n) is 6.95. The van der Waals surface area contributed by atoms with Crippen LogP contribution in [-0.4, -0.2) is 43.0 Å². The van der Waals surface area contributed by atoms with Gasteiger partial charge in [0.1, 0.15) is 11.3 Å². The Morgan fingerprint density at radius 1 is 1.03 bits per heavy atom. The Hall–Kier alpha value is -3.55. The van der Waals surface area contributed by atoms with E-state index in [1.807, 2.05) is 0 Å². The van der Waals surface area contributed by atoms with Crippen LogP contribution in [0.2, 0.25) is 0 Å². The van der Waals surface area contributed by atoms with Crippen molar-refractivity contribution in [3.05, 3.63) is 52.0 Å². The van der Waals surface area contributed by atoms with Crippen molar-refractivity contribution in [2.24, 2.45) is 0 Å². The Kier molecular flexibility index (Phi) is 5.69. The standard InChI is InChI=1S/C22H23NO7/c1-10-15-9-14(27-5)7-8-16(15)30-20(10)22(26)29-13(4)19(24)18-11(2)17(12(3)23-18)21(25)28-6/h7-9,13,23H,1-6H3/t13-/m1/s1. The number of ketones is 1. The number of benzene rings is 1. The third-order valence-corrected chi connectivity index (χ3v) is 5.06. The lowest BCUT2D eigenvalue weighted by Gasteiger charge is -2.11. The number of esters is 2. The van der Waals surface area contributed by atoms with Gasteiger partial charge in [0.25, 0.3) is 0 Å². The smallest absolute Gasteiger partial charge is 0.375 e. The number of carbonyl (C=O) groups is 3. The lowest BCUT2D eigenvalue weighted by Crippen LogP contribution is -2.25. The summed E-state index contributed by atoms with van der Waals surface area (Å²) < 4.78 is 20.9. The van der Waals surface area contributed by atoms with Crippen LogP contribution in [0.1, 0.15) is 55.1 Å². The minimum absolute atomic E-state index is 0.0209. The average Bonchev–Trinajstić information content (AvgIpc) is 3.22. The van der Waals surface area contributed by atoms with Crippen molar-refractivity contribution in [3.63, 3.8) is 0 Å². The van der Waals surface area contributed by atoms with E-state index in [4.69, 9.17) is 18.6 Å². The van der Waals surface area contributed by atoms with Crippen LogP contribution >= 0.6 is 0 Å². The topological polar surface area (TPSA) is 108 Å². The highest BCUT2D eigenvalue weighted by Gasteiger charge is 2.29. The molecular weight excluding hydrogens is 390 g/mol. The lowest BCUT2D eigenvalue weighted by molar-refractivity contribution is 0.0288. The highest BCUT2D eigenvalue weighted by molar-refractivity contribution is 6.05. The summed E-state index contributed by atoms with van der Waals surface area (Å²) in [6, 6.07) is 5.19. The molecule has 8 nitrogen and oxygen atoms in total. The van der Waals surface area contributed by atoms with Gasteiger partial charge in [0.2, 0.25) is 11.5 Å². The van der Waals surface area contributed by atoms with E-state index in [-0.39, 0.29) is 11.5 Å². The number of aromatic amines is 1. The first-order valence-electron chi connectivity index (χ1n) is 9.29. The van der Waals surface area contributed by atoms with Crippen molar-refractivity contribution in [2.75, 3.05) is 14.2 Å². The van der Waals surface area contributed by atoms with Crippen LogP contribution in [-0.2, 0) is 9.47 Å². The number of furan rings is 1. The molecule has 1 N–H and O–H groups in total. The number of methoxy groups -OCH3 is 2. The molecule has 0 saturated carbocycles.